The maximum absolute atomic E-state index is 3.74. The highest BCUT2D eigenvalue weighted by atomic mass is 79.9. The predicted molar refractivity (Wildman–Crippen MR) is 81.2 cm³/mol. The summed E-state index contributed by atoms with van der Waals surface area (Å²) in [4.78, 5) is 0. The Labute approximate surface area is 119 Å². The topological polar surface area (TPSA) is 35.0 Å². The first-order valence-corrected chi connectivity index (χ1v) is 7.80. The van der Waals surface area contributed by atoms with Crippen molar-refractivity contribution >= 4 is 32.3 Å². The highest BCUT2D eigenvalue weighted by Crippen LogP contribution is 2.25. The van der Waals surface area contributed by atoms with E-state index in [0.717, 1.165) is 2.54 Å². The van der Waals surface area contributed by atoms with Gasteiger partial charge in [0.2, 0.25) is 32.3 Å². The van der Waals surface area contributed by atoms with Crippen molar-refractivity contribution in [2.75, 3.05) is 13.1 Å². The Morgan fingerprint density at radius 1 is 0.688 bits per heavy atom. The molecule has 0 amide bonds. The molecule has 0 radical (unpaired) electrons. The van der Waals surface area contributed by atoms with Crippen molar-refractivity contribution < 1.29 is 2.54 Å². The second kappa shape index (κ2) is 12.3. The molecular formula is C12H29Br2N2+. The van der Waals surface area contributed by atoms with Crippen molar-refractivity contribution in [2.45, 2.75) is 65.2 Å². The maximum atomic E-state index is 3.74. The molecule has 0 unspecified atom stereocenters. The molecule has 100 valence electrons. The summed E-state index contributed by atoms with van der Waals surface area (Å²) in [5, 5.41) is 0. The van der Waals surface area contributed by atoms with E-state index in [1.807, 2.05) is 0 Å². The largest absolute Gasteiger partial charge is 0.344 e. The summed E-state index contributed by atoms with van der Waals surface area (Å²) in [6, 6.07) is 0. The fourth-order valence-corrected chi connectivity index (χ4v) is 2.65. The lowest BCUT2D eigenvalue weighted by Gasteiger charge is -2.21. The standard InChI is InChI=1S/C12H26Br2N.H3N/c1-3-5-7-9-11-15(13,14)12-10-8-6-4-2;/h3-12H2,1-2H3;1H3/q+1;. The second-order valence-electron chi connectivity index (χ2n) is 4.33. The molecule has 16 heavy (non-hydrogen) atoms. The molecule has 0 fully saturated rings. The molecule has 0 rings (SSSR count). The smallest absolute Gasteiger partial charge is 0.239 e. The van der Waals surface area contributed by atoms with Gasteiger partial charge in [0, 0.05) is 0 Å². The van der Waals surface area contributed by atoms with Crippen LogP contribution in [0.4, 0.5) is 0 Å². The van der Waals surface area contributed by atoms with Crippen LogP contribution in [0.2, 0.25) is 0 Å². The molecule has 0 atom stereocenters. The number of rotatable bonds is 10. The van der Waals surface area contributed by atoms with Crippen LogP contribution < -0.4 is 6.15 Å². The summed E-state index contributed by atoms with van der Waals surface area (Å²) in [6.07, 6.45) is 10.7. The number of halogens is 2. The van der Waals surface area contributed by atoms with Crippen LogP contribution in [0.5, 0.6) is 0 Å². The summed E-state index contributed by atoms with van der Waals surface area (Å²) in [7, 11) is 0. The summed E-state index contributed by atoms with van der Waals surface area (Å²) < 4.78 is 0.855. The van der Waals surface area contributed by atoms with Crippen molar-refractivity contribution in [1.82, 2.24) is 6.15 Å². The van der Waals surface area contributed by atoms with Gasteiger partial charge in [0.1, 0.15) is 0 Å². The van der Waals surface area contributed by atoms with Crippen LogP contribution in [0.1, 0.15) is 65.2 Å². The zero-order valence-electron chi connectivity index (χ0n) is 11.0. The van der Waals surface area contributed by atoms with Gasteiger partial charge in [-0.15, -0.1) is 0 Å². The number of hydrogen-bond acceptors (Lipinski definition) is 1. The fraction of sp³-hybridized carbons (Fsp3) is 1.00. The summed E-state index contributed by atoms with van der Waals surface area (Å²) in [5.41, 5.74) is 0. The molecule has 0 heterocycles. The van der Waals surface area contributed by atoms with Gasteiger partial charge in [-0.2, -0.15) is 2.54 Å². The molecule has 2 nitrogen and oxygen atoms in total. The van der Waals surface area contributed by atoms with Crippen LogP contribution in [-0.4, -0.2) is 15.6 Å². The molecule has 0 aliphatic carbocycles. The molecule has 0 aromatic carbocycles. The highest BCUT2D eigenvalue weighted by molar-refractivity contribution is 9.16. The Morgan fingerprint density at radius 2 is 1.06 bits per heavy atom. The third kappa shape index (κ3) is 12.9. The fourth-order valence-electron chi connectivity index (χ4n) is 1.65. The molecular weight excluding hydrogens is 332 g/mol. The number of unbranched alkanes of at least 4 members (excludes halogenated alkanes) is 6. The van der Waals surface area contributed by atoms with Gasteiger partial charge in [0.25, 0.3) is 0 Å². The molecule has 0 saturated heterocycles. The van der Waals surface area contributed by atoms with Crippen molar-refractivity contribution in [3.8, 4) is 0 Å². The normalized spacial score (nSPS) is 11.2. The van der Waals surface area contributed by atoms with Gasteiger partial charge < -0.3 is 6.15 Å². The molecule has 0 spiro atoms. The van der Waals surface area contributed by atoms with Crippen LogP contribution >= 0.6 is 32.3 Å². The van der Waals surface area contributed by atoms with Gasteiger partial charge in [-0.25, -0.2) is 0 Å². The van der Waals surface area contributed by atoms with Gasteiger partial charge >= 0.3 is 0 Å². The first-order valence-electron chi connectivity index (χ1n) is 6.38. The van der Waals surface area contributed by atoms with Crippen molar-refractivity contribution in [3.63, 3.8) is 0 Å². The second-order valence-corrected chi connectivity index (χ2v) is 8.00. The van der Waals surface area contributed by atoms with Crippen molar-refractivity contribution in [3.05, 3.63) is 0 Å². The minimum Gasteiger partial charge on any atom is -0.344 e. The Balaban J connectivity index is 0. The maximum Gasteiger partial charge on any atom is 0.239 e. The minimum atomic E-state index is 0. The average Bonchev–Trinajstić information content (AvgIpc) is 2.20. The lowest BCUT2D eigenvalue weighted by Crippen LogP contribution is -2.27. The van der Waals surface area contributed by atoms with Gasteiger partial charge in [-0.1, -0.05) is 39.5 Å². The van der Waals surface area contributed by atoms with E-state index in [1.165, 1.54) is 64.5 Å². The van der Waals surface area contributed by atoms with Gasteiger partial charge in [0.15, 0.2) is 0 Å². The van der Waals surface area contributed by atoms with E-state index in [4.69, 9.17) is 0 Å². The predicted octanol–water partition coefficient (Wildman–Crippen LogP) is 5.75. The monoisotopic (exact) mass is 359 g/mol. The SMILES string of the molecule is CCCCCC[N+](Br)(Br)CCCCCC.N. The minimum absolute atomic E-state index is 0. The van der Waals surface area contributed by atoms with Crippen LogP contribution in [0, 0.1) is 0 Å². The Hall–Kier alpha value is 0.880. The summed E-state index contributed by atoms with van der Waals surface area (Å²) in [6.45, 7) is 6.92. The molecule has 0 aliphatic rings. The molecule has 0 bridgehead atoms. The van der Waals surface area contributed by atoms with Gasteiger partial charge in [-0.05, 0) is 25.7 Å². The van der Waals surface area contributed by atoms with E-state index in [1.54, 1.807) is 0 Å². The lowest BCUT2D eigenvalue weighted by molar-refractivity contribution is -0.614. The number of quaternary nitrogens is 1. The molecule has 0 aromatic heterocycles. The van der Waals surface area contributed by atoms with E-state index >= 15 is 0 Å². The highest BCUT2D eigenvalue weighted by Gasteiger charge is 2.20. The first kappa shape index (κ1) is 19.2. The van der Waals surface area contributed by atoms with Crippen LogP contribution in [-0.2, 0) is 0 Å². The van der Waals surface area contributed by atoms with Gasteiger partial charge in [-0.3, -0.25) is 0 Å². The third-order valence-electron chi connectivity index (χ3n) is 2.68. The average molecular weight is 361 g/mol. The van der Waals surface area contributed by atoms with E-state index in [0.29, 0.717) is 0 Å². The number of hydrogen-bond donors (Lipinski definition) is 1. The Bertz CT molecular complexity index is 127. The van der Waals surface area contributed by atoms with E-state index < -0.39 is 0 Å². The van der Waals surface area contributed by atoms with Crippen molar-refractivity contribution in [2.24, 2.45) is 0 Å². The van der Waals surface area contributed by atoms with Crippen molar-refractivity contribution in [1.29, 1.82) is 0 Å². The Morgan fingerprint density at radius 3 is 1.38 bits per heavy atom. The third-order valence-corrected chi connectivity index (χ3v) is 4.10. The molecule has 3 N–H and O–H groups in total. The summed E-state index contributed by atoms with van der Waals surface area (Å²) >= 11 is 7.48. The lowest BCUT2D eigenvalue weighted by atomic mass is 10.2. The van der Waals surface area contributed by atoms with E-state index in [2.05, 4.69) is 46.1 Å². The number of nitrogens with zero attached hydrogens (tertiary/aromatic N) is 1. The first-order chi connectivity index (χ1) is 7.12. The zero-order valence-corrected chi connectivity index (χ0v) is 14.2. The van der Waals surface area contributed by atoms with Gasteiger partial charge in [0.05, 0.1) is 13.1 Å². The van der Waals surface area contributed by atoms with Crippen LogP contribution in [0.3, 0.4) is 0 Å². The molecule has 0 aromatic rings. The molecule has 4 heteroatoms. The molecule has 0 aliphatic heterocycles. The summed E-state index contributed by atoms with van der Waals surface area (Å²) in [5.74, 6) is 0. The van der Waals surface area contributed by atoms with E-state index in [9.17, 15) is 0 Å². The quantitative estimate of drug-likeness (QED) is 0.391. The molecule has 0 saturated carbocycles. The van der Waals surface area contributed by atoms with E-state index in [-0.39, 0.29) is 6.15 Å². The van der Waals surface area contributed by atoms with Crippen LogP contribution in [0.25, 0.3) is 0 Å². The van der Waals surface area contributed by atoms with Crippen LogP contribution in [0.15, 0.2) is 0 Å². The Kier molecular flexibility index (Phi) is 14.8. The zero-order chi connectivity index (χ0) is 11.6.